The van der Waals surface area contributed by atoms with Gasteiger partial charge >= 0.3 is 11.9 Å². The van der Waals surface area contributed by atoms with Gasteiger partial charge in [0, 0.05) is 11.1 Å². The number of carboxylic acids is 1. The predicted octanol–water partition coefficient (Wildman–Crippen LogP) is 2.23. The molecule has 0 heterocycles. The second-order valence-electron chi connectivity index (χ2n) is 8.94. The van der Waals surface area contributed by atoms with E-state index in [2.05, 4.69) is 5.32 Å². The fraction of sp³-hybridized carbons (Fsp3) is 0.360. The summed E-state index contributed by atoms with van der Waals surface area (Å²) in [6.45, 7) is 1.63. The van der Waals surface area contributed by atoms with Crippen LogP contribution in [0, 0.1) is 0 Å². The Balaban J connectivity index is 1.98. The van der Waals surface area contributed by atoms with Crippen LogP contribution in [0.4, 0.5) is 0 Å². The van der Waals surface area contributed by atoms with Gasteiger partial charge in [-0.2, -0.15) is 0 Å². The number of amides is 1. The van der Waals surface area contributed by atoms with Crippen molar-refractivity contribution in [3.63, 3.8) is 0 Å². The monoisotopic (exact) mass is 455 g/mol. The van der Waals surface area contributed by atoms with Gasteiger partial charge in [-0.15, -0.1) is 0 Å². The first-order valence-corrected chi connectivity index (χ1v) is 10.7. The van der Waals surface area contributed by atoms with Gasteiger partial charge in [0.2, 0.25) is 5.91 Å². The van der Waals surface area contributed by atoms with Crippen molar-refractivity contribution < 1.29 is 33.5 Å². The lowest BCUT2D eigenvalue weighted by atomic mass is 9.95. The maximum Gasteiger partial charge on any atom is 0.325 e. The molecule has 8 nitrogen and oxygen atoms in total. The van der Waals surface area contributed by atoms with Gasteiger partial charge in [0.05, 0.1) is 33.5 Å². The fourth-order valence-electron chi connectivity index (χ4n) is 3.35. The van der Waals surface area contributed by atoms with Gasteiger partial charge < -0.3 is 19.6 Å². The molecule has 1 unspecified atom stereocenters. The standard InChI is InChI=1S/C25H30N2O6/c1-17(19-11-8-12-20(13-19)24(31)18-9-6-5-7-10-18)25(32)26-15-23(30)33-21(14-22(28)29)16-27(2,3)4/h5-13,17,21H,14-16H2,1-4H3,(H-,26,28,29,32)/p+1/t17?,21-/m1/s1. The molecule has 0 spiro atoms. The number of nitrogens with zero attached hydrogens (tertiary/aromatic N) is 1. The van der Waals surface area contributed by atoms with Crippen molar-refractivity contribution >= 4 is 23.6 Å². The number of carbonyl (C=O) groups excluding carboxylic acids is 3. The molecule has 0 aliphatic rings. The number of benzene rings is 2. The number of carboxylic acid groups (broad SMARTS) is 1. The Hall–Kier alpha value is -3.52. The van der Waals surface area contributed by atoms with Crippen LogP contribution in [-0.2, 0) is 19.1 Å². The van der Waals surface area contributed by atoms with E-state index < -0.39 is 29.9 Å². The molecule has 2 N–H and O–H groups in total. The van der Waals surface area contributed by atoms with Crippen molar-refractivity contribution in [2.24, 2.45) is 0 Å². The predicted molar refractivity (Wildman–Crippen MR) is 123 cm³/mol. The third-order valence-corrected chi connectivity index (χ3v) is 4.94. The number of ether oxygens (including phenoxy) is 1. The number of quaternary nitrogens is 1. The minimum absolute atomic E-state index is 0.143. The van der Waals surface area contributed by atoms with Crippen LogP contribution in [0.25, 0.3) is 0 Å². The van der Waals surface area contributed by atoms with Crippen molar-refractivity contribution in [2.75, 3.05) is 34.2 Å². The van der Waals surface area contributed by atoms with Gasteiger partial charge in [0.15, 0.2) is 11.9 Å². The smallest absolute Gasteiger partial charge is 0.325 e. The highest BCUT2D eigenvalue weighted by Gasteiger charge is 2.25. The first-order valence-electron chi connectivity index (χ1n) is 10.7. The Labute approximate surface area is 193 Å². The van der Waals surface area contributed by atoms with Gasteiger partial charge in [-0.1, -0.05) is 48.5 Å². The van der Waals surface area contributed by atoms with E-state index in [9.17, 15) is 19.2 Å². The van der Waals surface area contributed by atoms with Gasteiger partial charge in [0.1, 0.15) is 13.1 Å². The highest BCUT2D eigenvalue weighted by molar-refractivity contribution is 6.09. The van der Waals surface area contributed by atoms with Crippen molar-refractivity contribution in [1.82, 2.24) is 5.32 Å². The van der Waals surface area contributed by atoms with Crippen LogP contribution >= 0.6 is 0 Å². The minimum atomic E-state index is -1.07. The maximum absolute atomic E-state index is 12.7. The molecule has 0 aliphatic heterocycles. The second kappa shape index (κ2) is 11.4. The topological polar surface area (TPSA) is 110 Å². The van der Waals surface area contributed by atoms with E-state index in [0.29, 0.717) is 27.7 Å². The lowest BCUT2D eigenvalue weighted by Gasteiger charge is -2.28. The summed E-state index contributed by atoms with van der Waals surface area (Å²) in [5.41, 5.74) is 1.66. The van der Waals surface area contributed by atoms with E-state index in [0.717, 1.165) is 0 Å². The number of nitrogens with one attached hydrogen (secondary N) is 1. The van der Waals surface area contributed by atoms with Crippen molar-refractivity contribution in [3.8, 4) is 0 Å². The molecule has 8 heteroatoms. The molecule has 2 aromatic rings. The molecule has 0 aromatic heterocycles. The molecule has 0 saturated heterocycles. The minimum Gasteiger partial charge on any atom is -0.481 e. The number of esters is 1. The zero-order valence-corrected chi connectivity index (χ0v) is 19.4. The van der Waals surface area contributed by atoms with Crippen LogP contribution < -0.4 is 5.32 Å². The van der Waals surface area contributed by atoms with Crippen LogP contribution in [0.3, 0.4) is 0 Å². The third kappa shape index (κ3) is 8.50. The van der Waals surface area contributed by atoms with E-state index in [1.165, 1.54) is 0 Å². The average molecular weight is 456 g/mol. The summed E-state index contributed by atoms with van der Waals surface area (Å²) >= 11 is 0. The third-order valence-electron chi connectivity index (χ3n) is 4.94. The van der Waals surface area contributed by atoms with Gasteiger partial charge in [-0.25, -0.2) is 0 Å². The Morgan fingerprint density at radius 1 is 0.970 bits per heavy atom. The summed E-state index contributed by atoms with van der Waals surface area (Å²) in [5.74, 6) is -2.93. The summed E-state index contributed by atoms with van der Waals surface area (Å²) in [6, 6.07) is 15.7. The van der Waals surface area contributed by atoms with Crippen LogP contribution in [0.15, 0.2) is 54.6 Å². The van der Waals surface area contributed by atoms with Crippen LogP contribution in [0.5, 0.6) is 0 Å². The first kappa shape index (κ1) is 25.7. The zero-order chi connectivity index (χ0) is 24.6. The molecule has 0 aliphatic carbocycles. The van der Waals surface area contributed by atoms with Gasteiger partial charge in [0.25, 0.3) is 0 Å². The normalized spacial score (nSPS) is 13.0. The zero-order valence-electron chi connectivity index (χ0n) is 19.4. The van der Waals surface area contributed by atoms with Gasteiger partial charge in [-0.05, 0) is 18.6 Å². The fourth-order valence-corrected chi connectivity index (χ4v) is 3.35. The molecule has 0 radical (unpaired) electrons. The highest BCUT2D eigenvalue weighted by Crippen LogP contribution is 2.19. The molecule has 0 bridgehead atoms. The molecular formula is C25H31N2O6+. The Bertz CT molecular complexity index is 997. The molecule has 2 aromatic carbocycles. The van der Waals surface area contributed by atoms with E-state index in [1.807, 2.05) is 27.2 Å². The largest absolute Gasteiger partial charge is 0.481 e. The summed E-state index contributed by atoms with van der Waals surface area (Å²) in [5, 5.41) is 11.6. The Kier molecular flexibility index (Phi) is 8.87. The Morgan fingerprint density at radius 2 is 1.61 bits per heavy atom. The summed E-state index contributed by atoms with van der Waals surface area (Å²) in [7, 11) is 5.59. The van der Waals surface area contributed by atoms with Gasteiger partial charge in [-0.3, -0.25) is 19.2 Å². The van der Waals surface area contributed by atoms with Crippen molar-refractivity contribution in [3.05, 3.63) is 71.3 Å². The number of carbonyl (C=O) groups is 4. The summed E-state index contributed by atoms with van der Waals surface area (Å²) in [4.78, 5) is 48.5. The second-order valence-corrected chi connectivity index (χ2v) is 8.94. The van der Waals surface area contributed by atoms with Crippen LogP contribution in [0.2, 0.25) is 0 Å². The molecular weight excluding hydrogens is 424 g/mol. The van der Waals surface area contributed by atoms with E-state index in [-0.39, 0.29) is 18.7 Å². The number of aliphatic carboxylic acids is 1. The number of hydrogen-bond acceptors (Lipinski definition) is 5. The molecule has 0 fully saturated rings. The number of ketones is 1. The molecule has 1 amide bonds. The molecule has 2 atom stereocenters. The molecule has 0 saturated carbocycles. The number of likely N-dealkylation sites (N-methyl/N-ethyl adjacent to an activating group) is 1. The summed E-state index contributed by atoms with van der Waals surface area (Å²) < 4.78 is 5.70. The molecule has 2 rings (SSSR count). The summed E-state index contributed by atoms with van der Waals surface area (Å²) in [6.07, 6.45) is -1.11. The lowest BCUT2D eigenvalue weighted by molar-refractivity contribution is -0.873. The van der Waals surface area contributed by atoms with Crippen LogP contribution in [0.1, 0.15) is 40.7 Å². The van der Waals surface area contributed by atoms with Crippen molar-refractivity contribution in [1.29, 1.82) is 0 Å². The number of hydrogen-bond donors (Lipinski definition) is 2. The van der Waals surface area contributed by atoms with E-state index in [4.69, 9.17) is 9.84 Å². The van der Waals surface area contributed by atoms with Crippen molar-refractivity contribution in [2.45, 2.75) is 25.4 Å². The van der Waals surface area contributed by atoms with E-state index in [1.54, 1.807) is 55.5 Å². The quantitative estimate of drug-likeness (QED) is 0.306. The molecule has 33 heavy (non-hydrogen) atoms. The first-order chi connectivity index (χ1) is 15.5. The van der Waals surface area contributed by atoms with Crippen LogP contribution in [-0.4, -0.2) is 73.6 Å². The lowest BCUT2D eigenvalue weighted by Crippen LogP contribution is -2.45. The average Bonchev–Trinajstić information content (AvgIpc) is 2.75. The Morgan fingerprint density at radius 3 is 2.21 bits per heavy atom. The number of rotatable bonds is 11. The van der Waals surface area contributed by atoms with E-state index >= 15 is 0 Å². The maximum atomic E-state index is 12.7. The SMILES string of the molecule is CC(C(=O)NCC(=O)O[C@H](CC(=O)O)C[N+](C)(C)C)c1cccc(C(=O)c2ccccc2)c1. The highest BCUT2D eigenvalue weighted by atomic mass is 16.5. The molecule has 176 valence electrons.